The molecule has 2 N–H and O–H groups in total. The Balaban J connectivity index is 1.35. The third-order valence-electron chi connectivity index (χ3n) is 6.12. The maximum atomic E-state index is 13.3. The highest BCUT2D eigenvalue weighted by molar-refractivity contribution is 6.04. The number of rotatable bonds is 3. The Morgan fingerprint density at radius 3 is 2.76 bits per heavy atom. The Kier molecular flexibility index (Phi) is 4.29. The average molecular weight is 440 g/mol. The molecular weight excluding hydrogens is 420 g/mol. The lowest BCUT2D eigenvalue weighted by Gasteiger charge is -2.27. The van der Waals surface area contributed by atoms with E-state index in [2.05, 4.69) is 15.3 Å². The van der Waals surface area contributed by atoms with Crippen molar-refractivity contribution >= 4 is 22.5 Å². The SMILES string of the molecule is COc1ccc(-c2cc3nc4c(c(=O)n3[nH]2)CN(C(=O)c2n[nH]c3ccccc23)CC4)cc1. The number of ether oxygens (including phenoxy) is 1. The predicted octanol–water partition coefficient (Wildman–Crippen LogP) is 2.77. The summed E-state index contributed by atoms with van der Waals surface area (Å²) in [4.78, 5) is 32.9. The van der Waals surface area contributed by atoms with Crippen LogP contribution in [0.15, 0.2) is 59.4 Å². The van der Waals surface area contributed by atoms with Crippen molar-refractivity contribution in [3.63, 3.8) is 0 Å². The van der Waals surface area contributed by atoms with Crippen LogP contribution in [0.3, 0.4) is 0 Å². The highest BCUT2D eigenvalue weighted by Crippen LogP contribution is 2.24. The summed E-state index contributed by atoms with van der Waals surface area (Å²) in [6, 6.07) is 16.9. The lowest BCUT2D eigenvalue weighted by molar-refractivity contribution is 0.0728. The van der Waals surface area contributed by atoms with Gasteiger partial charge in [0.05, 0.1) is 36.1 Å². The molecule has 3 aromatic heterocycles. The Morgan fingerprint density at radius 1 is 1.12 bits per heavy atom. The van der Waals surface area contributed by atoms with Gasteiger partial charge >= 0.3 is 0 Å². The van der Waals surface area contributed by atoms with Gasteiger partial charge in [-0.25, -0.2) is 9.50 Å². The fraction of sp³-hybridized carbons (Fsp3) is 0.167. The van der Waals surface area contributed by atoms with Gasteiger partial charge in [0, 0.05) is 24.4 Å². The van der Waals surface area contributed by atoms with Crippen LogP contribution in [0.1, 0.15) is 21.7 Å². The van der Waals surface area contributed by atoms with Gasteiger partial charge in [-0.15, -0.1) is 0 Å². The zero-order valence-corrected chi connectivity index (χ0v) is 17.8. The number of hydrogen-bond acceptors (Lipinski definition) is 5. The fourth-order valence-electron chi connectivity index (χ4n) is 4.35. The Bertz CT molecular complexity index is 1580. The molecule has 0 aliphatic carbocycles. The number of carbonyl (C=O) groups excluding carboxylic acids is 1. The molecule has 9 heteroatoms. The lowest BCUT2D eigenvalue weighted by Crippen LogP contribution is -2.40. The molecule has 0 radical (unpaired) electrons. The first-order chi connectivity index (χ1) is 16.1. The predicted molar refractivity (Wildman–Crippen MR) is 122 cm³/mol. The summed E-state index contributed by atoms with van der Waals surface area (Å²) in [5.74, 6) is 0.558. The Hall–Kier alpha value is -4.40. The number of nitrogens with zero attached hydrogens (tertiary/aromatic N) is 4. The van der Waals surface area contributed by atoms with Crippen LogP contribution in [-0.2, 0) is 13.0 Å². The van der Waals surface area contributed by atoms with E-state index >= 15 is 0 Å². The van der Waals surface area contributed by atoms with Gasteiger partial charge in [-0.1, -0.05) is 18.2 Å². The molecule has 1 aliphatic heterocycles. The molecule has 0 saturated heterocycles. The van der Waals surface area contributed by atoms with E-state index in [1.807, 2.05) is 54.6 Å². The molecular formula is C24H20N6O3. The summed E-state index contributed by atoms with van der Waals surface area (Å²) in [7, 11) is 1.62. The molecule has 1 amide bonds. The fourth-order valence-corrected chi connectivity index (χ4v) is 4.35. The first-order valence-corrected chi connectivity index (χ1v) is 10.6. The molecule has 0 fully saturated rings. The standard InChI is InChI=1S/C24H20N6O3/c1-33-15-8-6-14(7-9-15)20-12-21-25-18-10-11-29(13-17(18)23(31)30(21)28-20)24(32)22-16-4-2-3-5-19(16)26-27-22/h2-9,12,28H,10-11,13H2,1H3,(H,26,27). The first-order valence-electron chi connectivity index (χ1n) is 10.6. The number of H-pyrrole nitrogens is 2. The van der Waals surface area contributed by atoms with E-state index in [0.717, 1.165) is 33.6 Å². The van der Waals surface area contributed by atoms with E-state index < -0.39 is 0 Å². The molecule has 0 saturated carbocycles. The second-order valence-electron chi connectivity index (χ2n) is 8.03. The van der Waals surface area contributed by atoms with Crippen molar-refractivity contribution in [2.75, 3.05) is 13.7 Å². The minimum Gasteiger partial charge on any atom is -0.497 e. The molecule has 0 bridgehead atoms. The second-order valence-corrected chi connectivity index (χ2v) is 8.03. The van der Waals surface area contributed by atoms with Crippen LogP contribution in [0, 0.1) is 0 Å². The number of carbonyl (C=O) groups is 1. The number of nitrogens with one attached hydrogen (secondary N) is 2. The lowest BCUT2D eigenvalue weighted by atomic mass is 10.1. The van der Waals surface area contributed by atoms with Crippen molar-refractivity contribution in [3.8, 4) is 17.0 Å². The zero-order valence-electron chi connectivity index (χ0n) is 17.8. The zero-order chi connectivity index (χ0) is 22.5. The maximum absolute atomic E-state index is 13.3. The average Bonchev–Trinajstić information content (AvgIpc) is 3.48. The largest absolute Gasteiger partial charge is 0.497 e. The van der Waals surface area contributed by atoms with Gasteiger partial charge in [-0.3, -0.25) is 19.8 Å². The summed E-state index contributed by atoms with van der Waals surface area (Å²) < 4.78 is 6.65. The van der Waals surface area contributed by atoms with Gasteiger partial charge in [0.1, 0.15) is 5.75 Å². The van der Waals surface area contributed by atoms with E-state index in [-0.39, 0.29) is 18.0 Å². The molecule has 6 rings (SSSR count). The highest BCUT2D eigenvalue weighted by Gasteiger charge is 2.28. The van der Waals surface area contributed by atoms with Crippen LogP contribution < -0.4 is 10.3 Å². The number of para-hydroxylation sites is 1. The van der Waals surface area contributed by atoms with E-state index in [4.69, 9.17) is 9.72 Å². The number of methoxy groups -OCH3 is 1. The Morgan fingerprint density at radius 2 is 1.94 bits per heavy atom. The summed E-state index contributed by atoms with van der Waals surface area (Å²) >= 11 is 0. The number of aromatic amines is 2. The van der Waals surface area contributed by atoms with Crippen molar-refractivity contribution in [2.45, 2.75) is 13.0 Å². The molecule has 9 nitrogen and oxygen atoms in total. The van der Waals surface area contributed by atoms with Crippen LogP contribution in [0.2, 0.25) is 0 Å². The van der Waals surface area contributed by atoms with Gasteiger partial charge in [-0.05, 0) is 35.9 Å². The van der Waals surface area contributed by atoms with Crippen molar-refractivity contribution in [2.24, 2.45) is 0 Å². The first kappa shape index (κ1) is 19.3. The maximum Gasteiger partial charge on any atom is 0.277 e. The van der Waals surface area contributed by atoms with Crippen LogP contribution in [-0.4, -0.2) is 49.3 Å². The summed E-state index contributed by atoms with van der Waals surface area (Å²) in [5, 5.41) is 11.0. The van der Waals surface area contributed by atoms with Gasteiger partial charge in [0.2, 0.25) is 0 Å². The number of hydrogen-bond donors (Lipinski definition) is 2. The van der Waals surface area contributed by atoms with E-state index in [0.29, 0.717) is 29.9 Å². The van der Waals surface area contributed by atoms with Crippen LogP contribution in [0.5, 0.6) is 5.75 Å². The van der Waals surface area contributed by atoms with Crippen LogP contribution in [0.25, 0.3) is 27.8 Å². The third kappa shape index (κ3) is 3.08. The van der Waals surface area contributed by atoms with E-state index in [1.54, 1.807) is 12.0 Å². The smallest absolute Gasteiger partial charge is 0.277 e. The quantitative estimate of drug-likeness (QED) is 0.449. The summed E-state index contributed by atoms with van der Waals surface area (Å²) in [6.45, 7) is 0.673. The Labute approximate surface area is 187 Å². The van der Waals surface area contributed by atoms with Gasteiger partial charge in [-0.2, -0.15) is 5.10 Å². The van der Waals surface area contributed by atoms with Crippen molar-refractivity contribution in [1.82, 2.24) is 29.7 Å². The third-order valence-corrected chi connectivity index (χ3v) is 6.12. The van der Waals surface area contributed by atoms with Crippen molar-refractivity contribution in [3.05, 3.63) is 81.9 Å². The monoisotopic (exact) mass is 440 g/mol. The molecule has 1 aliphatic rings. The molecule has 5 aromatic rings. The molecule has 0 spiro atoms. The molecule has 0 unspecified atom stereocenters. The number of fused-ring (bicyclic) bond motifs is 3. The minimum atomic E-state index is -0.201. The van der Waals surface area contributed by atoms with Crippen LogP contribution >= 0.6 is 0 Å². The number of benzene rings is 2. The second kappa shape index (κ2) is 7.33. The normalized spacial score (nSPS) is 13.4. The number of aromatic nitrogens is 5. The van der Waals surface area contributed by atoms with E-state index in [1.165, 1.54) is 4.52 Å². The minimum absolute atomic E-state index is 0.195. The summed E-state index contributed by atoms with van der Waals surface area (Å²) in [6.07, 6.45) is 0.512. The van der Waals surface area contributed by atoms with Crippen molar-refractivity contribution < 1.29 is 9.53 Å². The van der Waals surface area contributed by atoms with Crippen LogP contribution in [0.4, 0.5) is 0 Å². The number of amides is 1. The molecule has 4 heterocycles. The topological polar surface area (TPSA) is 108 Å². The molecule has 2 aromatic carbocycles. The highest BCUT2D eigenvalue weighted by atomic mass is 16.5. The summed E-state index contributed by atoms with van der Waals surface area (Å²) in [5.41, 5.74) is 4.48. The van der Waals surface area contributed by atoms with Gasteiger partial charge < -0.3 is 9.64 Å². The van der Waals surface area contributed by atoms with Gasteiger partial charge in [0.15, 0.2) is 11.3 Å². The van der Waals surface area contributed by atoms with Crippen molar-refractivity contribution in [1.29, 1.82) is 0 Å². The molecule has 164 valence electrons. The molecule has 0 atom stereocenters. The van der Waals surface area contributed by atoms with E-state index in [9.17, 15) is 9.59 Å². The molecule has 33 heavy (non-hydrogen) atoms. The van der Waals surface area contributed by atoms with Gasteiger partial charge in [0.25, 0.3) is 11.5 Å².